The fourth-order valence-electron chi connectivity index (χ4n) is 6.20. The maximum Gasteiger partial charge on any atom is 0.340 e. The van der Waals surface area contributed by atoms with E-state index in [0.29, 0.717) is 36.4 Å². The third kappa shape index (κ3) is 7.07. The number of carbonyl (C=O) groups is 2. The molecule has 0 atom stereocenters. The molecule has 5 aromatic carbocycles. The molecule has 0 N–H and O–H groups in total. The molecule has 0 saturated heterocycles. The normalized spacial score (nSPS) is 12.3. The highest BCUT2D eigenvalue weighted by molar-refractivity contribution is 6.27. The van der Waals surface area contributed by atoms with Crippen molar-refractivity contribution in [3.63, 3.8) is 0 Å². The first-order chi connectivity index (χ1) is 24.5. The molecule has 1 heterocycles. The van der Waals surface area contributed by atoms with Crippen LogP contribution >= 0.6 is 0 Å². The number of nitrogens with zero attached hydrogens (tertiary/aromatic N) is 2. The van der Waals surface area contributed by atoms with Crippen LogP contribution in [-0.2, 0) is 20.9 Å². The molecule has 0 fully saturated rings. The van der Waals surface area contributed by atoms with Crippen molar-refractivity contribution in [2.45, 2.75) is 39.7 Å². The van der Waals surface area contributed by atoms with Crippen LogP contribution in [0.3, 0.4) is 0 Å². The Morgan fingerprint density at radius 3 is 2.22 bits per heavy atom. The van der Waals surface area contributed by atoms with E-state index in [1.54, 1.807) is 24.3 Å². The van der Waals surface area contributed by atoms with Crippen molar-refractivity contribution in [1.82, 2.24) is 4.57 Å². The van der Waals surface area contributed by atoms with Crippen molar-refractivity contribution < 1.29 is 41.5 Å². The fraction of sp³-hybridized carbons (Fsp3) is 0.225. The lowest BCUT2D eigenvalue weighted by molar-refractivity contribution is -0.148. The molecular formula is C40H34F4N2O5. The third-order valence-corrected chi connectivity index (χ3v) is 8.58. The predicted octanol–water partition coefficient (Wildman–Crippen LogP) is 9.12. The van der Waals surface area contributed by atoms with Crippen LogP contribution in [0.1, 0.15) is 46.5 Å². The quantitative estimate of drug-likeness (QED) is 0.0300. The van der Waals surface area contributed by atoms with Crippen molar-refractivity contribution in [1.29, 1.82) is 0 Å². The number of hydrogen-bond acceptors (Lipinski definition) is 6. The molecule has 11 heteroatoms. The Hall–Kier alpha value is -5.55. The van der Waals surface area contributed by atoms with E-state index in [1.165, 1.54) is 18.2 Å². The van der Waals surface area contributed by atoms with E-state index in [1.807, 2.05) is 68.4 Å². The van der Waals surface area contributed by atoms with E-state index < -0.39 is 24.9 Å². The summed E-state index contributed by atoms with van der Waals surface area (Å²) in [5.74, 6) is -5.45. The second-order valence-electron chi connectivity index (χ2n) is 12.0. The molecule has 0 radical (unpaired) electrons. The summed E-state index contributed by atoms with van der Waals surface area (Å²) >= 11 is 0. The lowest BCUT2D eigenvalue weighted by atomic mass is 9.92. The molecule has 0 aliphatic rings. The van der Waals surface area contributed by atoms with Crippen LogP contribution in [0.2, 0.25) is 0 Å². The molecule has 262 valence electrons. The summed E-state index contributed by atoms with van der Waals surface area (Å²) in [5.41, 5.74) is 4.18. The fourth-order valence-corrected chi connectivity index (χ4v) is 6.20. The van der Waals surface area contributed by atoms with Crippen LogP contribution in [0.4, 0.5) is 17.6 Å². The number of para-hydroxylation sites is 1. The van der Waals surface area contributed by atoms with Gasteiger partial charge in [0.05, 0.1) is 12.1 Å². The minimum Gasteiger partial charge on any atom is -0.486 e. The number of halogens is 4. The van der Waals surface area contributed by atoms with Crippen LogP contribution in [0.5, 0.6) is 5.75 Å². The first-order valence-electron chi connectivity index (χ1n) is 16.3. The number of ether oxygens (including phenoxy) is 2. The number of aromatic nitrogens is 1. The van der Waals surface area contributed by atoms with Gasteiger partial charge in [0, 0.05) is 64.0 Å². The number of ketones is 1. The topological polar surface area (TPSA) is 79.1 Å². The number of alkyl halides is 4. The van der Waals surface area contributed by atoms with Crippen LogP contribution in [0, 0.1) is 6.92 Å². The van der Waals surface area contributed by atoms with Crippen LogP contribution in [0.15, 0.2) is 102 Å². The SMILES string of the molecule is CCOCCn1c2ccc(/C(=N/OC(C)=O)c3ccccc3OCC(F)(F)C(F)F)cc2c2cc(C(=O)c3ccccc3C)c3ccccc3c21. The molecular weight excluding hydrogens is 664 g/mol. The maximum atomic E-state index is 14.2. The number of benzene rings is 5. The van der Waals surface area contributed by atoms with E-state index >= 15 is 0 Å². The van der Waals surface area contributed by atoms with Gasteiger partial charge in [-0.25, -0.2) is 13.6 Å². The van der Waals surface area contributed by atoms with Gasteiger partial charge in [-0.2, -0.15) is 8.78 Å². The Balaban J connectivity index is 1.60. The van der Waals surface area contributed by atoms with E-state index in [9.17, 15) is 27.2 Å². The molecule has 0 bridgehead atoms. The van der Waals surface area contributed by atoms with Gasteiger partial charge in [0.15, 0.2) is 12.4 Å². The number of rotatable bonds is 13. The number of oxime groups is 1. The molecule has 7 nitrogen and oxygen atoms in total. The van der Waals surface area contributed by atoms with E-state index in [0.717, 1.165) is 45.1 Å². The molecule has 0 saturated carbocycles. The van der Waals surface area contributed by atoms with Gasteiger partial charge in [0.2, 0.25) is 0 Å². The number of fused-ring (bicyclic) bond motifs is 5. The molecule has 0 aliphatic carbocycles. The third-order valence-electron chi connectivity index (χ3n) is 8.58. The average molecular weight is 699 g/mol. The first kappa shape index (κ1) is 35.3. The molecule has 0 aliphatic heterocycles. The lowest BCUT2D eigenvalue weighted by Gasteiger charge is -2.18. The minimum atomic E-state index is -4.40. The van der Waals surface area contributed by atoms with Crippen molar-refractivity contribution in [2.75, 3.05) is 19.8 Å². The summed E-state index contributed by atoms with van der Waals surface area (Å²) in [7, 11) is 0. The molecule has 0 unspecified atom stereocenters. The zero-order valence-corrected chi connectivity index (χ0v) is 28.1. The second kappa shape index (κ2) is 14.7. The Morgan fingerprint density at radius 2 is 1.51 bits per heavy atom. The first-order valence-corrected chi connectivity index (χ1v) is 16.3. The highest BCUT2D eigenvalue weighted by atomic mass is 19.3. The van der Waals surface area contributed by atoms with Gasteiger partial charge < -0.3 is 18.9 Å². The summed E-state index contributed by atoms with van der Waals surface area (Å²) in [6.45, 7) is 4.81. The highest BCUT2D eigenvalue weighted by Gasteiger charge is 2.42. The molecule has 6 rings (SSSR count). The Labute approximate surface area is 291 Å². The molecule has 0 spiro atoms. The molecule has 6 aromatic rings. The zero-order valence-electron chi connectivity index (χ0n) is 28.1. The summed E-state index contributed by atoms with van der Waals surface area (Å²) in [6.07, 6.45) is -3.93. The zero-order chi connectivity index (χ0) is 36.3. The van der Waals surface area contributed by atoms with Gasteiger partial charge in [-0.05, 0) is 55.1 Å². The summed E-state index contributed by atoms with van der Waals surface area (Å²) < 4.78 is 66.8. The van der Waals surface area contributed by atoms with Gasteiger partial charge in [-0.3, -0.25) is 4.79 Å². The Bertz CT molecular complexity index is 2300. The largest absolute Gasteiger partial charge is 0.486 e. The maximum absolute atomic E-state index is 14.2. The van der Waals surface area contributed by atoms with Crippen molar-refractivity contribution in [3.05, 3.63) is 125 Å². The monoisotopic (exact) mass is 698 g/mol. The number of aryl methyl sites for hydroxylation is 1. The van der Waals surface area contributed by atoms with Gasteiger partial charge >= 0.3 is 18.3 Å². The second-order valence-corrected chi connectivity index (χ2v) is 12.0. The molecule has 1 aromatic heterocycles. The summed E-state index contributed by atoms with van der Waals surface area (Å²) in [4.78, 5) is 31.2. The van der Waals surface area contributed by atoms with Crippen molar-refractivity contribution >= 4 is 50.0 Å². The van der Waals surface area contributed by atoms with Crippen molar-refractivity contribution in [2.24, 2.45) is 5.16 Å². The molecule has 0 amide bonds. The average Bonchev–Trinajstić information content (AvgIpc) is 3.43. The Kier molecular flexibility index (Phi) is 10.2. The van der Waals surface area contributed by atoms with Gasteiger partial charge in [0.1, 0.15) is 11.5 Å². The molecule has 51 heavy (non-hydrogen) atoms. The van der Waals surface area contributed by atoms with Gasteiger partial charge in [-0.1, -0.05) is 71.9 Å². The standard InChI is InChI=1S/C40H34F4N2O5/c1-4-49-20-19-46-34-18-17-26(36(45-51-25(3)47)30-15-9-10-16-35(30)50-23-40(43,44)39(41)42)21-31(34)32-22-33(28-13-7-8-14-29(28)37(32)46)38(48)27-12-6-5-11-24(27)2/h5-18,21-22,39H,4,19-20,23H2,1-3H3/b45-36-. The minimum absolute atomic E-state index is 0.0373. The van der Waals surface area contributed by atoms with E-state index in [2.05, 4.69) is 9.72 Å². The summed E-state index contributed by atoms with van der Waals surface area (Å²) in [5, 5.41) is 7.19. The van der Waals surface area contributed by atoms with Crippen LogP contribution in [0.25, 0.3) is 32.6 Å². The Morgan fingerprint density at radius 1 is 0.824 bits per heavy atom. The van der Waals surface area contributed by atoms with Crippen LogP contribution < -0.4 is 4.74 Å². The van der Waals surface area contributed by atoms with Crippen molar-refractivity contribution in [3.8, 4) is 5.75 Å². The van der Waals surface area contributed by atoms with Gasteiger partial charge in [0.25, 0.3) is 0 Å². The van der Waals surface area contributed by atoms with Gasteiger partial charge in [-0.15, -0.1) is 0 Å². The smallest absolute Gasteiger partial charge is 0.340 e. The lowest BCUT2D eigenvalue weighted by Crippen LogP contribution is -2.34. The highest BCUT2D eigenvalue weighted by Crippen LogP contribution is 2.38. The predicted molar refractivity (Wildman–Crippen MR) is 188 cm³/mol. The van der Waals surface area contributed by atoms with E-state index in [4.69, 9.17) is 14.3 Å². The number of hydrogen-bond donors (Lipinski definition) is 0. The number of carbonyl (C=O) groups excluding carboxylic acids is 2. The summed E-state index contributed by atoms with van der Waals surface area (Å²) in [6, 6.07) is 28.3. The van der Waals surface area contributed by atoms with Crippen LogP contribution in [-0.4, -0.2) is 54.2 Å². The van der Waals surface area contributed by atoms with E-state index in [-0.39, 0.29) is 22.8 Å².